The molecular weight excluding hydrogens is 469 g/mol. The van der Waals surface area contributed by atoms with Crippen molar-refractivity contribution in [3.63, 3.8) is 0 Å². The Balaban J connectivity index is 1.46. The van der Waals surface area contributed by atoms with Crippen LogP contribution in [0, 0.1) is 0 Å². The summed E-state index contributed by atoms with van der Waals surface area (Å²) in [6.07, 6.45) is 9.16. The maximum absolute atomic E-state index is 13.4. The van der Waals surface area contributed by atoms with Gasteiger partial charge in [-0.25, -0.2) is 9.37 Å². The number of carbonyl (C=O) groups is 1. The topological polar surface area (TPSA) is 103 Å². The van der Waals surface area contributed by atoms with Crippen molar-refractivity contribution in [1.82, 2.24) is 19.9 Å². The number of pyridine rings is 1. The second-order valence-electron chi connectivity index (χ2n) is 9.57. The first-order chi connectivity index (χ1) is 17.9. The summed E-state index contributed by atoms with van der Waals surface area (Å²) in [5, 5.41) is 3.39. The van der Waals surface area contributed by atoms with Crippen LogP contribution >= 0.6 is 0 Å². The molecule has 0 bridgehead atoms. The maximum atomic E-state index is 13.4. The minimum absolute atomic E-state index is 0.0675. The summed E-state index contributed by atoms with van der Waals surface area (Å²) in [4.78, 5) is 34.0. The molecule has 2 heterocycles. The van der Waals surface area contributed by atoms with Gasteiger partial charge in [0.2, 0.25) is 5.78 Å². The van der Waals surface area contributed by atoms with Gasteiger partial charge in [0.05, 0.1) is 18.1 Å². The molecule has 0 aliphatic heterocycles. The highest BCUT2D eigenvalue weighted by atomic mass is 19.1. The van der Waals surface area contributed by atoms with Crippen molar-refractivity contribution in [3.05, 3.63) is 88.2 Å². The minimum atomic E-state index is -0.697. The van der Waals surface area contributed by atoms with Gasteiger partial charge in [-0.3, -0.25) is 14.6 Å². The first kappa shape index (κ1) is 26.4. The minimum Gasteiger partial charge on any atom is -0.398 e. The number of aromatic nitrogens is 3. The van der Waals surface area contributed by atoms with E-state index in [2.05, 4.69) is 15.3 Å². The first-order valence-electron chi connectivity index (χ1n) is 12.9. The van der Waals surface area contributed by atoms with Gasteiger partial charge < -0.3 is 15.6 Å². The molecular formula is C29H34FN5O2. The van der Waals surface area contributed by atoms with Crippen LogP contribution in [0.15, 0.2) is 65.9 Å². The summed E-state index contributed by atoms with van der Waals surface area (Å²) in [5.41, 5.74) is 9.67. The number of ketones is 1. The number of halogens is 1. The van der Waals surface area contributed by atoms with E-state index in [-0.39, 0.29) is 29.1 Å². The molecule has 3 aromatic rings. The Kier molecular flexibility index (Phi) is 8.61. The predicted octanol–water partition coefficient (Wildman–Crippen LogP) is 4.83. The van der Waals surface area contributed by atoms with Gasteiger partial charge in [0.1, 0.15) is 11.9 Å². The molecule has 8 heteroatoms. The summed E-state index contributed by atoms with van der Waals surface area (Å²) in [5.74, 6) is -0.354. The highest BCUT2D eigenvalue weighted by Gasteiger charge is 2.23. The zero-order valence-electron chi connectivity index (χ0n) is 21.4. The zero-order chi connectivity index (χ0) is 26.4. The second-order valence-corrected chi connectivity index (χ2v) is 9.57. The fourth-order valence-electron chi connectivity index (χ4n) is 4.73. The lowest BCUT2D eigenvalue weighted by Crippen LogP contribution is -2.26. The number of alkyl halides is 1. The summed E-state index contributed by atoms with van der Waals surface area (Å²) in [6.45, 7) is 4.75. The van der Waals surface area contributed by atoms with Crippen molar-refractivity contribution >= 4 is 11.5 Å². The third-order valence-electron chi connectivity index (χ3n) is 6.99. The molecule has 0 radical (unpaired) electrons. The molecule has 194 valence electrons. The van der Waals surface area contributed by atoms with Gasteiger partial charge in [0.25, 0.3) is 5.56 Å². The third-order valence-corrected chi connectivity index (χ3v) is 6.99. The van der Waals surface area contributed by atoms with Crippen molar-refractivity contribution in [2.24, 2.45) is 5.73 Å². The van der Waals surface area contributed by atoms with Crippen LogP contribution in [0.2, 0.25) is 0 Å². The number of nitrogens with two attached hydrogens (primary N) is 1. The van der Waals surface area contributed by atoms with Crippen LogP contribution < -0.4 is 16.6 Å². The van der Waals surface area contributed by atoms with E-state index in [0.717, 1.165) is 36.0 Å². The fourth-order valence-corrected chi connectivity index (χ4v) is 4.73. The molecule has 0 spiro atoms. The molecule has 0 amide bonds. The van der Waals surface area contributed by atoms with E-state index in [0.29, 0.717) is 30.8 Å². The van der Waals surface area contributed by atoms with Gasteiger partial charge >= 0.3 is 0 Å². The molecule has 1 aliphatic carbocycles. The number of rotatable bonds is 10. The van der Waals surface area contributed by atoms with Crippen molar-refractivity contribution < 1.29 is 9.18 Å². The standard InChI is InChI=1S/C29H34FN5O2/c1-3-24(4-2)35-18-21(9-12-29(35)37)26-16-32-17-27(34-26)28(36)14-25(31)20-7-5-19(6-8-20)15-33-23-11-10-22(30)13-23/h5-9,12,14,16-18,22-24,33H,3-4,10-11,13,15,31H2,1-2H3/t22?,23-/m1/s1. The SMILES string of the molecule is CCC(CC)n1cc(-c2cncc(C(=O)C=C(N)c3ccc(CN[C@@H]4CCC(F)C4)cc3)n2)ccc1=O. The molecule has 1 unspecified atom stereocenters. The predicted molar refractivity (Wildman–Crippen MR) is 144 cm³/mol. The molecule has 7 nitrogen and oxygen atoms in total. The first-order valence-corrected chi connectivity index (χ1v) is 12.9. The van der Waals surface area contributed by atoms with E-state index in [1.165, 1.54) is 18.3 Å². The van der Waals surface area contributed by atoms with Gasteiger partial charge in [-0.15, -0.1) is 0 Å². The fraction of sp³-hybridized carbons (Fsp3) is 0.379. The number of carbonyl (C=O) groups excluding carboxylic acids is 1. The van der Waals surface area contributed by atoms with Crippen LogP contribution in [0.25, 0.3) is 17.0 Å². The summed E-state index contributed by atoms with van der Waals surface area (Å²) in [7, 11) is 0. The quantitative estimate of drug-likeness (QED) is 0.303. The monoisotopic (exact) mass is 503 g/mol. The Hall–Kier alpha value is -3.65. The number of hydrogen-bond donors (Lipinski definition) is 2. The zero-order valence-corrected chi connectivity index (χ0v) is 21.4. The van der Waals surface area contributed by atoms with Crippen LogP contribution in [0.1, 0.15) is 73.6 Å². The van der Waals surface area contributed by atoms with E-state index in [4.69, 9.17) is 5.73 Å². The Labute approximate surface area is 216 Å². The van der Waals surface area contributed by atoms with Crippen molar-refractivity contribution in [3.8, 4) is 11.3 Å². The molecule has 3 N–H and O–H groups in total. The average Bonchev–Trinajstić information content (AvgIpc) is 3.34. The van der Waals surface area contributed by atoms with Gasteiger partial charge in [0.15, 0.2) is 0 Å². The lowest BCUT2D eigenvalue weighted by molar-refractivity contribution is 0.104. The Morgan fingerprint density at radius 2 is 1.92 bits per heavy atom. The lowest BCUT2D eigenvalue weighted by Gasteiger charge is -2.17. The van der Waals surface area contributed by atoms with Crippen LogP contribution in [0.4, 0.5) is 4.39 Å². The van der Waals surface area contributed by atoms with E-state index in [1.807, 2.05) is 38.1 Å². The Morgan fingerprint density at radius 1 is 1.16 bits per heavy atom. The highest BCUT2D eigenvalue weighted by molar-refractivity contribution is 6.07. The molecule has 37 heavy (non-hydrogen) atoms. The second kappa shape index (κ2) is 12.1. The van der Waals surface area contributed by atoms with Crippen molar-refractivity contribution in [2.75, 3.05) is 0 Å². The molecule has 1 aliphatic rings. The van der Waals surface area contributed by atoms with E-state index in [1.54, 1.807) is 23.0 Å². The molecule has 2 atom stereocenters. The molecule has 2 aromatic heterocycles. The van der Waals surface area contributed by atoms with Gasteiger partial charge in [-0.2, -0.15) is 0 Å². The summed E-state index contributed by atoms with van der Waals surface area (Å²) >= 11 is 0. The smallest absolute Gasteiger partial charge is 0.250 e. The van der Waals surface area contributed by atoms with Gasteiger partial charge in [-0.1, -0.05) is 38.1 Å². The average molecular weight is 504 g/mol. The van der Waals surface area contributed by atoms with Crippen LogP contribution in [0.5, 0.6) is 0 Å². The van der Waals surface area contributed by atoms with Crippen LogP contribution in [-0.4, -0.2) is 32.5 Å². The molecule has 4 rings (SSSR count). The number of nitrogens with zero attached hydrogens (tertiary/aromatic N) is 3. The maximum Gasteiger partial charge on any atom is 0.250 e. The Bertz CT molecular complexity index is 1310. The number of allylic oxidation sites excluding steroid dienone is 1. The van der Waals surface area contributed by atoms with Crippen LogP contribution in [0.3, 0.4) is 0 Å². The normalized spacial score (nSPS) is 17.9. The number of benzene rings is 1. The summed E-state index contributed by atoms with van der Waals surface area (Å²) < 4.78 is 15.1. The van der Waals surface area contributed by atoms with Gasteiger partial charge in [-0.05, 0) is 49.3 Å². The molecule has 1 fully saturated rings. The largest absolute Gasteiger partial charge is 0.398 e. The third kappa shape index (κ3) is 6.57. The van der Waals surface area contributed by atoms with Gasteiger partial charge in [0, 0.05) is 48.2 Å². The van der Waals surface area contributed by atoms with Crippen molar-refractivity contribution in [1.29, 1.82) is 0 Å². The van der Waals surface area contributed by atoms with Crippen molar-refractivity contribution in [2.45, 2.75) is 70.8 Å². The molecule has 1 saturated carbocycles. The molecule has 0 saturated heterocycles. The molecule has 1 aromatic carbocycles. The van der Waals surface area contributed by atoms with E-state index >= 15 is 0 Å². The lowest BCUT2D eigenvalue weighted by atomic mass is 10.1. The van der Waals surface area contributed by atoms with E-state index < -0.39 is 6.17 Å². The Morgan fingerprint density at radius 3 is 2.59 bits per heavy atom. The highest BCUT2D eigenvalue weighted by Crippen LogP contribution is 2.23. The summed E-state index contributed by atoms with van der Waals surface area (Å²) in [6, 6.07) is 11.2. The van der Waals surface area contributed by atoms with Crippen LogP contribution in [-0.2, 0) is 6.54 Å². The number of nitrogens with one attached hydrogen (secondary N) is 1. The van der Waals surface area contributed by atoms with E-state index in [9.17, 15) is 14.0 Å². The number of hydrogen-bond acceptors (Lipinski definition) is 6.